The van der Waals surface area contributed by atoms with Gasteiger partial charge >= 0.3 is 0 Å². The summed E-state index contributed by atoms with van der Waals surface area (Å²) in [7, 11) is 0. The van der Waals surface area contributed by atoms with Crippen molar-refractivity contribution in [3.8, 4) is 22.4 Å². The molecule has 0 spiro atoms. The summed E-state index contributed by atoms with van der Waals surface area (Å²) in [6.07, 6.45) is 15.4. The van der Waals surface area contributed by atoms with E-state index in [1.807, 2.05) is 12.3 Å². The monoisotopic (exact) mass is 333 g/mol. The van der Waals surface area contributed by atoms with Gasteiger partial charge in [0.1, 0.15) is 0 Å². The summed E-state index contributed by atoms with van der Waals surface area (Å²) in [5.41, 5.74) is 7.33. The molecule has 0 amide bonds. The highest BCUT2D eigenvalue weighted by Gasteiger charge is 2.24. The van der Waals surface area contributed by atoms with Gasteiger partial charge in [0.05, 0.1) is 5.69 Å². The van der Waals surface area contributed by atoms with Crippen molar-refractivity contribution in [2.75, 3.05) is 0 Å². The molecule has 2 aliphatic carbocycles. The maximum Gasteiger partial charge on any atom is 0.0708 e. The van der Waals surface area contributed by atoms with E-state index in [0.29, 0.717) is 11.8 Å². The number of nitrogens with zero attached hydrogens (tertiary/aromatic N) is 1. The van der Waals surface area contributed by atoms with Gasteiger partial charge in [0.25, 0.3) is 0 Å². The zero-order valence-corrected chi connectivity index (χ0v) is 14.4. The number of benzene rings is 2. The molecule has 1 heteroatoms. The Balaban J connectivity index is 1.57. The normalized spacial score (nSPS) is 19.8. The standard InChI is InChI=1S/C25H19N/c1-2-6-18(7-3-1)21-14-15-26-25(17-21)22-13-12-20-11-10-19-8-4-5-9-23(19)24(20)16-22/h1-17,19,23H. The molecule has 3 aromatic rings. The first-order valence-corrected chi connectivity index (χ1v) is 9.07. The van der Waals surface area contributed by atoms with Gasteiger partial charge in [0, 0.05) is 23.6 Å². The second kappa shape index (κ2) is 6.27. The zero-order valence-electron chi connectivity index (χ0n) is 14.4. The number of allylic oxidation sites excluding steroid dienone is 5. The van der Waals surface area contributed by atoms with E-state index in [1.165, 1.54) is 27.8 Å². The van der Waals surface area contributed by atoms with Crippen molar-refractivity contribution in [2.45, 2.75) is 5.92 Å². The third-order valence-electron chi connectivity index (χ3n) is 5.28. The van der Waals surface area contributed by atoms with Gasteiger partial charge in [0.15, 0.2) is 0 Å². The molecule has 0 saturated heterocycles. The Hall–Kier alpha value is -3.19. The molecule has 26 heavy (non-hydrogen) atoms. The predicted octanol–water partition coefficient (Wildman–Crippen LogP) is 6.27. The lowest BCUT2D eigenvalue weighted by atomic mass is 9.76. The molecule has 2 aliphatic rings. The van der Waals surface area contributed by atoms with Crippen LogP contribution in [0, 0.1) is 5.92 Å². The van der Waals surface area contributed by atoms with Gasteiger partial charge in [0.2, 0.25) is 0 Å². The first-order valence-electron chi connectivity index (χ1n) is 9.07. The minimum Gasteiger partial charge on any atom is -0.256 e. The molecular formula is C25H19N. The van der Waals surface area contributed by atoms with E-state index in [9.17, 15) is 0 Å². The highest BCUT2D eigenvalue weighted by molar-refractivity contribution is 5.73. The Morgan fingerprint density at radius 2 is 1.58 bits per heavy atom. The van der Waals surface area contributed by atoms with Crippen LogP contribution in [-0.4, -0.2) is 4.98 Å². The van der Waals surface area contributed by atoms with Crippen LogP contribution in [0.3, 0.4) is 0 Å². The lowest BCUT2D eigenvalue weighted by molar-refractivity contribution is 0.692. The number of rotatable bonds is 2. The minimum atomic E-state index is 0.428. The van der Waals surface area contributed by atoms with Gasteiger partial charge in [-0.2, -0.15) is 0 Å². The van der Waals surface area contributed by atoms with E-state index in [0.717, 1.165) is 5.69 Å². The Morgan fingerprint density at radius 3 is 2.50 bits per heavy atom. The van der Waals surface area contributed by atoms with Crippen LogP contribution in [-0.2, 0) is 0 Å². The Bertz CT molecular complexity index is 1040. The van der Waals surface area contributed by atoms with Crippen molar-refractivity contribution in [3.63, 3.8) is 0 Å². The molecule has 0 N–H and O–H groups in total. The lowest BCUT2D eigenvalue weighted by Crippen LogP contribution is -2.13. The summed E-state index contributed by atoms with van der Waals surface area (Å²) in [6, 6.07) is 21.5. The van der Waals surface area contributed by atoms with Crippen LogP contribution >= 0.6 is 0 Å². The molecule has 2 unspecified atom stereocenters. The molecule has 0 saturated carbocycles. The Kier molecular flexibility index (Phi) is 3.64. The fourth-order valence-corrected chi connectivity index (χ4v) is 3.91. The van der Waals surface area contributed by atoms with Crippen molar-refractivity contribution in [3.05, 3.63) is 108 Å². The largest absolute Gasteiger partial charge is 0.256 e. The van der Waals surface area contributed by atoms with Crippen LogP contribution in [0.2, 0.25) is 0 Å². The van der Waals surface area contributed by atoms with E-state index in [4.69, 9.17) is 0 Å². The van der Waals surface area contributed by atoms with Crippen molar-refractivity contribution < 1.29 is 0 Å². The molecule has 0 fully saturated rings. The van der Waals surface area contributed by atoms with Gasteiger partial charge in [-0.05, 0) is 40.5 Å². The molecular weight excluding hydrogens is 314 g/mol. The summed E-state index contributed by atoms with van der Waals surface area (Å²) in [5.74, 6) is 0.892. The molecule has 5 rings (SSSR count). The van der Waals surface area contributed by atoms with Gasteiger partial charge in [-0.3, -0.25) is 4.98 Å². The molecule has 1 heterocycles. The summed E-state index contributed by atoms with van der Waals surface area (Å²) in [4.78, 5) is 4.64. The molecule has 0 aliphatic heterocycles. The van der Waals surface area contributed by atoms with E-state index >= 15 is 0 Å². The van der Waals surface area contributed by atoms with Gasteiger partial charge in [-0.15, -0.1) is 0 Å². The van der Waals surface area contributed by atoms with E-state index in [1.54, 1.807) is 0 Å². The average Bonchev–Trinajstić information content (AvgIpc) is 2.74. The molecule has 0 bridgehead atoms. The third kappa shape index (κ3) is 2.62. The maximum absolute atomic E-state index is 4.64. The lowest BCUT2D eigenvalue weighted by Gasteiger charge is -2.27. The highest BCUT2D eigenvalue weighted by Crippen LogP contribution is 2.39. The zero-order chi connectivity index (χ0) is 17.3. The molecule has 124 valence electrons. The predicted molar refractivity (Wildman–Crippen MR) is 109 cm³/mol. The highest BCUT2D eigenvalue weighted by atomic mass is 14.7. The average molecular weight is 333 g/mol. The van der Waals surface area contributed by atoms with Crippen molar-refractivity contribution >= 4 is 6.08 Å². The van der Waals surface area contributed by atoms with Crippen LogP contribution in [0.4, 0.5) is 0 Å². The number of hydrogen-bond acceptors (Lipinski definition) is 1. The minimum absolute atomic E-state index is 0.428. The Morgan fingerprint density at radius 1 is 0.692 bits per heavy atom. The Labute approximate surface area is 154 Å². The fraction of sp³-hybridized carbons (Fsp3) is 0.0800. The maximum atomic E-state index is 4.64. The first-order chi connectivity index (χ1) is 12.9. The van der Waals surface area contributed by atoms with Crippen molar-refractivity contribution in [1.29, 1.82) is 0 Å². The summed E-state index contributed by atoms with van der Waals surface area (Å²) < 4.78 is 0. The fourth-order valence-electron chi connectivity index (χ4n) is 3.91. The van der Waals surface area contributed by atoms with E-state index < -0.39 is 0 Å². The second-order valence-electron chi connectivity index (χ2n) is 6.87. The first kappa shape index (κ1) is 15.1. The number of fused-ring (bicyclic) bond motifs is 3. The number of hydrogen-bond donors (Lipinski definition) is 0. The second-order valence-corrected chi connectivity index (χ2v) is 6.87. The van der Waals surface area contributed by atoms with Crippen molar-refractivity contribution in [2.24, 2.45) is 5.92 Å². The third-order valence-corrected chi connectivity index (χ3v) is 5.28. The quantitative estimate of drug-likeness (QED) is 0.539. The van der Waals surface area contributed by atoms with Gasteiger partial charge in [-0.1, -0.05) is 78.9 Å². The van der Waals surface area contributed by atoms with Crippen LogP contribution in [0.25, 0.3) is 28.5 Å². The number of pyridine rings is 1. The molecule has 2 aromatic carbocycles. The summed E-state index contributed by atoms with van der Waals surface area (Å²) >= 11 is 0. The van der Waals surface area contributed by atoms with Crippen molar-refractivity contribution in [1.82, 2.24) is 4.98 Å². The smallest absolute Gasteiger partial charge is 0.0708 e. The van der Waals surface area contributed by atoms with Crippen LogP contribution in [0.1, 0.15) is 17.0 Å². The topological polar surface area (TPSA) is 12.9 Å². The van der Waals surface area contributed by atoms with Crippen LogP contribution in [0.15, 0.2) is 97.2 Å². The molecule has 1 nitrogen and oxygen atoms in total. The summed E-state index contributed by atoms with van der Waals surface area (Å²) in [6.45, 7) is 0. The SMILES string of the molecule is C1=CC2C=Cc3ccc(-c4cc(-c5ccccc5)ccn4)cc3C2C=C1. The number of aromatic nitrogens is 1. The van der Waals surface area contributed by atoms with Gasteiger partial charge in [-0.25, -0.2) is 0 Å². The molecule has 2 atom stereocenters. The molecule has 1 aromatic heterocycles. The van der Waals surface area contributed by atoms with Crippen LogP contribution < -0.4 is 0 Å². The van der Waals surface area contributed by atoms with E-state index in [2.05, 4.69) is 96.0 Å². The molecule has 0 radical (unpaired) electrons. The van der Waals surface area contributed by atoms with Crippen LogP contribution in [0.5, 0.6) is 0 Å². The van der Waals surface area contributed by atoms with Gasteiger partial charge < -0.3 is 0 Å². The summed E-state index contributed by atoms with van der Waals surface area (Å²) in [5, 5.41) is 0. The van der Waals surface area contributed by atoms with E-state index in [-0.39, 0.29) is 0 Å².